The first-order valence-electron chi connectivity index (χ1n) is 10.0. The molecule has 148 valence electrons. The highest BCUT2D eigenvalue weighted by molar-refractivity contribution is 5.75. The molecule has 4 rings (SSSR count). The van der Waals surface area contributed by atoms with Crippen LogP contribution in [0.5, 0.6) is 0 Å². The van der Waals surface area contributed by atoms with Crippen LogP contribution in [0.2, 0.25) is 0 Å². The van der Waals surface area contributed by atoms with Crippen LogP contribution in [-0.4, -0.2) is 23.1 Å². The summed E-state index contributed by atoms with van der Waals surface area (Å²) >= 11 is 0. The van der Waals surface area contributed by atoms with Crippen molar-refractivity contribution in [3.05, 3.63) is 77.1 Å². The van der Waals surface area contributed by atoms with Crippen LogP contribution in [0, 0.1) is 17.1 Å². The Bertz CT molecular complexity index is 965. The van der Waals surface area contributed by atoms with E-state index in [1.54, 1.807) is 12.1 Å². The molecule has 4 nitrogen and oxygen atoms in total. The summed E-state index contributed by atoms with van der Waals surface area (Å²) in [6.45, 7) is 0.247. The zero-order valence-electron chi connectivity index (χ0n) is 16.2. The van der Waals surface area contributed by atoms with Crippen LogP contribution in [0.3, 0.4) is 0 Å². The average molecular weight is 390 g/mol. The molecule has 0 spiro atoms. The molecule has 1 amide bonds. The van der Waals surface area contributed by atoms with E-state index in [-0.39, 0.29) is 37.0 Å². The lowest BCUT2D eigenvalue weighted by molar-refractivity contribution is 0.0510. The number of amides is 1. The lowest BCUT2D eigenvalue weighted by atomic mass is 9.82. The summed E-state index contributed by atoms with van der Waals surface area (Å²) < 4.78 is 20.1. The van der Waals surface area contributed by atoms with E-state index >= 15 is 0 Å². The number of halogens is 1. The number of hydrogen-bond acceptors (Lipinski definition) is 3. The highest BCUT2D eigenvalue weighted by Crippen LogP contribution is 2.38. The number of fused-ring (bicyclic) bond motifs is 2. The lowest BCUT2D eigenvalue weighted by Crippen LogP contribution is -2.51. The Balaban J connectivity index is 1.54. The van der Waals surface area contributed by atoms with Crippen molar-refractivity contribution in [2.45, 2.75) is 50.8 Å². The number of carbonyl (C=O) groups excluding carboxylic acids is 1. The second-order valence-electron chi connectivity index (χ2n) is 7.64. The van der Waals surface area contributed by atoms with Gasteiger partial charge in [0, 0.05) is 11.6 Å². The van der Waals surface area contributed by atoms with E-state index in [0.29, 0.717) is 12.0 Å². The molecule has 1 saturated heterocycles. The highest BCUT2D eigenvalue weighted by Gasteiger charge is 2.38. The Labute approximate surface area is 170 Å². The lowest BCUT2D eigenvalue weighted by Gasteiger charge is -2.44. The predicted molar refractivity (Wildman–Crippen MR) is 108 cm³/mol. The van der Waals surface area contributed by atoms with Crippen molar-refractivity contribution in [2.75, 3.05) is 0 Å². The Morgan fingerprint density at radius 1 is 1.17 bits per heavy atom. The number of benzene rings is 2. The van der Waals surface area contributed by atoms with Gasteiger partial charge in [-0.1, -0.05) is 42.5 Å². The average Bonchev–Trinajstić information content (AvgIpc) is 2.73. The van der Waals surface area contributed by atoms with Gasteiger partial charge in [-0.15, -0.1) is 0 Å². The summed E-state index contributed by atoms with van der Waals surface area (Å²) in [5.74, 6) is -0.281. The number of rotatable bonds is 4. The van der Waals surface area contributed by atoms with Crippen LogP contribution in [0.1, 0.15) is 42.4 Å². The molecule has 1 fully saturated rings. The molecule has 29 heavy (non-hydrogen) atoms. The van der Waals surface area contributed by atoms with E-state index < -0.39 is 0 Å². The van der Waals surface area contributed by atoms with Gasteiger partial charge < -0.3 is 4.74 Å². The molecule has 2 unspecified atom stereocenters. The Morgan fingerprint density at radius 3 is 2.76 bits per heavy atom. The van der Waals surface area contributed by atoms with E-state index in [1.807, 2.05) is 41.3 Å². The fourth-order valence-corrected chi connectivity index (χ4v) is 4.33. The number of nitrogens with zero attached hydrogens (tertiary/aromatic N) is 2. The highest BCUT2D eigenvalue weighted by atomic mass is 19.1. The normalized spacial score (nSPS) is 20.6. The largest absolute Gasteiger partial charge is 0.445 e. The van der Waals surface area contributed by atoms with Crippen LogP contribution in [0.25, 0.3) is 5.57 Å². The summed E-state index contributed by atoms with van der Waals surface area (Å²) in [7, 11) is 0. The van der Waals surface area contributed by atoms with Crippen molar-refractivity contribution < 1.29 is 13.9 Å². The quantitative estimate of drug-likeness (QED) is 0.717. The van der Waals surface area contributed by atoms with Gasteiger partial charge in [-0.3, -0.25) is 4.90 Å². The summed E-state index contributed by atoms with van der Waals surface area (Å²) in [6, 6.07) is 16.5. The maximum Gasteiger partial charge on any atom is 0.410 e. The molecule has 2 aliphatic rings. The number of nitriles is 1. The zero-order valence-corrected chi connectivity index (χ0v) is 16.2. The molecule has 2 aliphatic heterocycles. The SMILES string of the molecule is N#CCc1ccc(F)c(C2=CC3CCCC(C2)N3C(=O)OCc2ccccc2)c1. The minimum atomic E-state index is -0.308. The summed E-state index contributed by atoms with van der Waals surface area (Å²) in [4.78, 5) is 14.6. The Hall–Kier alpha value is -3.13. The van der Waals surface area contributed by atoms with Crippen molar-refractivity contribution in [3.8, 4) is 6.07 Å². The van der Waals surface area contributed by atoms with Gasteiger partial charge >= 0.3 is 6.09 Å². The molecule has 2 bridgehead atoms. The molecule has 0 aliphatic carbocycles. The van der Waals surface area contributed by atoms with Crippen LogP contribution in [0.15, 0.2) is 54.6 Å². The topological polar surface area (TPSA) is 53.3 Å². The van der Waals surface area contributed by atoms with Gasteiger partial charge in [-0.05, 0) is 54.5 Å². The van der Waals surface area contributed by atoms with Crippen molar-refractivity contribution >= 4 is 11.7 Å². The van der Waals surface area contributed by atoms with Crippen LogP contribution in [0.4, 0.5) is 9.18 Å². The maximum absolute atomic E-state index is 14.5. The third-order valence-electron chi connectivity index (χ3n) is 5.71. The first-order chi connectivity index (χ1) is 14.2. The molecular weight excluding hydrogens is 367 g/mol. The van der Waals surface area contributed by atoms with Crippen molar-refractivity contribution in [1.82, 2.24) is 4.90 Å². The standard InChI is InChI=1S/C24H23FN2O2/c25-23-10-9-17(11-12-26)13-22(23)19-14-20-7-4-8-21(15-19)27(20)24(28)29-16-18-5-2-1-3-6-18/h1-3,5-6,9-10,13-14,20-21H,4,7-8,11,15-16H2. The third-order valence-corrected chi connectivity index (χ3v) is 5.71. The smallest absolute Gasteiger partial charge is 0.410 e. The van der Waals surface area contributed by atoms with Gasteiger partial charge in [0.05, 0.1) is 18.5 Å². The fourth-order valence-electron chi connectivity index (χ4n) is 4.33. The van der Waals surface area contributed by atoms with E-state index in [9.17, 15) is 9.18 Å². The molecule has 2 aromatic carbocycles. The predicted octanol–water partition coefficient (Wildman–Crippen LogP) is 5.24. The van der Waals surface area contributed by atoms with Crippen LogP contribution in [-0.2, 0) is 17.8 Å². The van der Waals surface area contributed by atoms with Gasteiger partial charge in [0.25, 0.3) is 0 Å². The molecule has 2 heterocycles. The first kappa shape index (κ1) is 19.2. The zero-order chi connectivity index (χ0) is 20.2. The van der Waals surface area contributed by atoms with E-state index in [0.717, 1.165) is 36.0 Å². The van der Waals surface area contributed by atoms with E-state index in [1.165, 1.54) is 6.07 Å². The third kappa shape index (κ3) is 4.17. The van der Waals surface area contributed by atoms with Crippen molar-refractivity contribution in [1.29, 1.82) is 5.26 Å². The summed E-state index contributed by atoms with van der Waals surface area (Å²) in [5, 5.41) is 8.93. The van der Waals surface area contributed by atoms with Gasteiger partial charge in [0.1, 0.15) is 12.4 Å². The number of ether oxygens (including phenoxy) is 1. The fraction of sp³-hybridized carbons (Fsp3) is 0.333. The molecule has 0 aromatic heterocycles. The van der Waals surface area contributed by atoms with Crippen LogP contribution < -0.4 is 0 Å². The molecule has 0 N–H and O–H groups in total. The Morgan fingerprint density at radius 2 is 2.00 bits per heavy atom. The minimum Gasteiger partial charge on any atom is -0.445 e. The summed E-state index contributed by atoms with van der Waals surface area (Å²) in [6.07, 6.45) is 5.33. The van der Waals surface area contributed by atoms with Crippen molar-refractivity contribution in [2.24, 2.45) is 0 Å². The molecule has 2 aromatic rings. The monoisotopic (exact) mass is 390 g/mol. The number of carbonyl (C=O) groups is 1. The van der Waals surface area contributed by atoms with E-state index in [4.69, 9.17) is 10.00 Å². The number of piperidine rings is 1. The minimum absolute atomic E-state index is 0.0102. The van der Waals surface area contributed by atoms with Crippen molar-refractivity contribution in [3.63, 3.8) is 0 Å². The van der Waals surface area contributed by atoms with Gasteiger partial charge in [-0.2, -0.15) is 5.26 Å². The molecule has 0 saturated carbocycles. The first-order valence-corrected chi connectivity index (χ1v) is 10.0. The van der Waals surface area contributed by atoms with Crippen LogP contribution >= 0.6 is 0 Å². The Kier molecular flexibility index (Phi) is 5.62. The maximum atomic E-state index is 14.5. The molecule has 2 atom stereocenters. The molecular formula is C24H23FN2O2. The number of hydrogen-bond donors (Lipinski definition) is 0. The second kappa shape index (κ2) is 8.48. The van der Waals surface area contributed by atoms with Gasteiger partial charge in [-0.25, -0.2) is 9.18 Å². The molecule has 0 radical (unpaired) electrons. The van der Waals surface area contributed by atoms with E-state index in [2.05, 4.69) is 6.07 Å². The summed E-state index contributed by atoms with van der Waals surface area (Å²) in [5.41, 5.74) is 3.23. The second-order valence-corrected chi connectivity index (χ2v) is 7.64. The van der Waals surface area contributed by atoms with Gasteiger partial charge in [0.15, 0.2) is 0 Å². The van der Waals surface area contributed by atoms with Gasteiger partial charge in [0.2, 0.25) is 0 Å². The molecule has 5 heteroatoms.